The first kappa shape index (κ1) is 20.6. The number of amides is 2. The van der Waals surface area contributed by atoms with E-state index in [0.29, 0.717) is 32.7 Å². The fraction of sp³-hybridized carbons (Fsp3) is 0.619. The predicted molar refractivity (Wildman–Crippen MR) is 106 cm³/mol. The van der Waals surface area contributed by atoms with Crippen LogP contribution in [0.2, 0.25) is 0 Å². The average Bonchev–Trinajstić information content (AvgIpc) is 3.22. The number of piperazine rings is 1. The van der Waals surface area contributed by atoms with E-state index in [1.807, 2.05) is 24.3 Å². The molecule has 7 heteroatoms. The van der Waals surface area contributed by atoms with E-state index in [4.69, 9.17) is 15.2 Å². The third-order valence-electron chi connectivity index (χ3n) is 5.55. The predicted octanol–water partition coefficient (Wildman–Crippen LogP) is 1.19. The van der Waals surface area contributed by atoms with Gasteiger partial charge in [-0.15, -0.1) is 0 Å². The van der Waals surface area contributed by atoms with E-state index in [-0.39, 0.29) is 24.0 Å². The molecular formula is C21H31N3O4. The molecule has 2 amide bonds. The van der Waals surface area contributed by atoms with Gasteiger partial charge in [0.15, 0.2) is 6.10 Å². The first-order valence-corrected chi connectivity index (χ1v) is 10.2. The first-order chi connectivity index (χ1) is 13.5. The highest BCUT2D eigenvalue weighted by molar-refractivity contribution is 5.83. The average molecular weight is 389 g/mol. The number of benzene rings is 1. The van der Waals surface area contributed by atoms with E-state index in [9.17, 15) is 9.59 Å². The Bertz CT molecular complexity index is 688. The number of rotatable bonds is 6. The maximum atomic E-state index is 12.8. The molecule has 3 atom stereocenters. The van der Waals surface area contributed by atoms with E-state index in [1.54, 1.807) is 16.7 Å². The van der Waals surface area contributed by atoms with Crippen LogP contribution in [0.4, 0.5) is 0 Å². The van der Waals surface area contributed by atoms with Gasteiger partial charge in [0, 0.05) is 32.7 Å². The van der Waals surface area contributed by atoms with Crippen LogP contribution in [-0.2, 0) is 20.7 Å². The summed E-state index contributed by atoms with van der Waals surface area (Å²) in [4.78, 5) is 29.0. The summed E-state index contributed by atoms with van der Waals surface area (Å²) < 4.78 is 11.6. The van der Waals surface area contributed by atoms with Crippen molar-refractivity contribution in [3.05, 3.63) is 29.8 Å². The lowest BCUT2D eigenvalue weighted by atomic mass is 10.1. The Kier molecular flexibility index (Phi) is 6.91. The lowest BCUT2D eigenvalue weighted by Crippen LogP contribution is -2.55. The smallest absolute Gasteiger partial charge is 0.263 e. The fourth-order valence-corrected chi connectivity index (χ4v) is 3.82. The summed E-state index contributed by atoms with van der Waals surface area (Å²) >= 11 is 0. The van der Waals surface area contributed by atoms with E-state index in [0.717, 1.165) is 30.6 Å². The SMILES string of the molecule is CCc1ccccc1OC(C)C(=O)N1CCN(C(=O)[C@@H]2CC[C@H](CN)O2)CC1. The number of nitrogens with zero attached hydrogens (tertiary/aromatic N) is 2. The zero-order valence-electron chi connectivity index (χ0n) is 16.8. The second-order valence-electron chi connectivity index (χ2n) is 7.43. The lowest BCUT2D eigenvalue weighted by molar-refractivity contribution is -0.149. The van der Waals surface area contributed by atoms with Crippen LogP contribution in [0.1, 0.15) is 32.3 Å². The van der Waals surface area contributed by atoms with Crippen LogP contribution in [0, 0.1) is 0 Å². The minimum absolute atomic E-state index is 0.0131. The summed E-state index contributed by atoms with van der Waals surface area (Å²) in [5.74, 6) is 0.732. The van der Waals surface area contributed by atoms with Crippen LogP contribution in [0.5, 0.6) is 5.75 Å². The summed E-state index contributed by atoms with van der Waals surface area (Å²) in [5.41, 5.74) is 6.71. The van der Waals surface area contributed by atoms with E-state index < -0.39 is 6.10 Å². The maximum Gasteiger partial charge on any atom is 0.263 e. The van der Waals surface area contributed by atoms with Gasteiger partial charge >= 0.3 is 0 Å². The van der Waals surface area contributed by atoms with Gasteiger partial charge in [-0.1, -0.05) is 25.1 Å². The minimum Gasteiger partial charge on any atom is -0.481 e. The highest BCUT2D eigenvalue weighted by atomic mass is 16.5. The Balaban J connectivity index is 1.50. The standard InChI is InChI=1S/C21H31N3O4/c1-3-16-6-4-5-7-18(16)27-15(2)20(25)23-10-12-24(13-11-23)21(26)19-9-8-17(14-22)28-19/h4-7,15,17,19H,3,8-14,22H2,1-2H3/t15?,17-,19+/m1/s1. The monoisotopic (exact) mass is 389 g/mol. The van der Waals surface area contributed by atoms with Crippen molar-refractivity contribution in [2.75, 3.05) is 32.7 Å². The first-order valence-electron chi connectivity index (χ1n) is 10.2. The molecule has 0 bridgehead atoms. The highest BCUT2D eigenvalue weighted by Crippen LogP contribution is 2.22. The van der Waals surface area contributed by atoms with Crippen LogP contribution in [0.3, 0.4) is 0 Å². The van der Waals surface area contributed by atoms with Gasteiger partial charge in [-0.3, -0.25) is 9.59 Å². The van der Waals surface area contributed by atoms with Gasteiger partial charge in [0.25, 0.3) is 11.8 Å². The van der Waals surface area contributed by atoms with E-state index in [2.05, 4.69) is 6.92 Å². The highest BCUT2D eigenvalue weighted by Gasteiger charge is 2.35. The van der Waals surface area contributed by atoms with Gasteiger partial charge in [-0.2, -0.15) is 0 Å². The van der Waals surface area contributed by atoms with Crippen molar-refractivity contribution < 1.29 is 19.1 Å². The molecule has 2 aliphatic heterocycles. The van der Waals surface area contributed by atoms with Crippen LogP contribution in [-0.4, -0.2) is 72.6 Å². The molecule has 2 heterocycles. The van der Waals surface area contributed by atoms with Gasteiger partial charge in [0.2, 0.25) is 0 Å². The molecule has 2 fully saturated rings. The van der Waals surface area contributed by atoms with Crippen LogP contribution in [0.25, 0.3) is 0 Å². The Morgan fingerprint density at radius 1 is 1.18 bits per heavy atom. The molecule has 1 unspecified atom stereocenters. The lowest BCUT2D eigenvalue weighted by Gasteiger charge is -2.36. The van der Waals surface area contributed by atoms with Crippen LogP contribution in [0.15, 0.2) is 24.3 Å². The van der Waals surface area contributed by atoms with E-state index >= 15 is 0 Å². The third-order valence-corrected chi connectivity index (χ3v) is 5.55. The summed E-state index contributed by atoms with van der Waals surface area (Å²) in [6, 6.07) is 7.79. The number of ether oxygens (including phenoxy) is 2. The number of carbonyl (C=O) groups excluding carboxylic acids is 2. The molecule has 0 spiro atoms. The van der Waals surface area contributed by atoms with Crippen molar-refractivity contribution in [3.8, 4) is 5.75 Å². The van der Waals surface area contributed by atoms with Crippen LogP contribution < -0.4 is 10.5 Å². The van der Waals surface area contributed by atoms with Crippen molar-refractivity contribution in [1.29, 1.82) is 0 Å². The van der Waals surface area contributed by atoms with Gasteiger partial charge < -0.3 is 25.0 Å². The fourth-order valence-electron chi connectivity index (χ4n) is 3.82. The largest absolute Gasteiger partial charge is 0.481 e. The Labute approximate surface area is 166 Å². The van der Waals surface area contributed by atoms with Gasteiger partial charge in [0.1, 0.15) is 11.9 Å². The number of hydrogen-bond acceptors (Lipinski definition) is 5. The van der Waals surface area contributed by atoms with Crippen molar-refractivity contribution >= 4 is 11.8 Å². The maximum absolute atomic E-state index is 12.8. The molecule has 1 aromatic carbocycles. The normalized spacial score (nSPS) is 23.5. The van der Waals surface area contributed by atoms with Gasteiger partial charge in [0.05, 0.1) is 6.10 Å². The number of aryl methyl sites for hydroxylation is 1. The topological polar surface area (TPSA) is 85.1 Å². The summed E-state index contributed by atoms with van der Waals surface area (Å²) in [5, 5.41) is 0. The third kappa shape index (κ3) is 4.64. The molecule has 0 aliphatic carbocycles. The zero-order chi connectivity index (χ0) is 20.1. The summed E-state index contributed by atoms with van der Waals surface area (Å²) in [6.45, 7) is 6.37. The number of para-hydroxylation sites is 1. The Morgan fingerprint density at radius 3 is 2.50 bits per heavy atom. The van der Waals surface area contributed by atoms with Crippen molar-refractivity contribution in [1.82, 2.24) is 9.80 Å². The summed E-state index contributed by atoms with van der Waals surface area (Å²) in [7, 11) is 0. The van der Waals surface area contributed by atoms with Crippen molar-refractivity contribution in [2.24, 2.45) is 5.73 Å². The molecule has 1 aromatic rings. The van der Waals surface area contributed by atoms with Gasteiger partial charge in [-0.25, -0.2) is 0 Å². The number of nitrogens with two attached hydrogens (primary N) is 1. The molecule has 0 aromatic heterocycles. The molecule has 0 saturated carbocycles. The quantitative estimate of drug-likeness (QED) is 0.790. The minimum atomic E-state index is -0.557. The molecule has 2 aliphatic rings. The van der Waals surface area contributed by atoms with Crippen molar-refractivity contribution in [3.63, 3.8) is 0 Å². The zero-order valence-corrected chi connectivity index (χ0v) is 16.8. The molecule has 28 heavy (non-hydrogen) atoms. The van der Waals surface area contributed by atoms with Crippen LogP contribution >= 0.6 is 0 Å². The molecule has 2 saturated heterocycles. The molecule has 3 rings (SSSR count). The summed E-state index contributed by atoms with van der Waals surface area (Å²) in [6.07, 6.45) is 1.45. The number of hydrogen-bond donors (Lipinski definition) is 1. The molecular weight excluding hydrogens is 358 g/mol. The van der Waals surface area contributed by atoms with E-state index in [1.165, 1.54) is 0 Å². The van der Waals surface area contributed by atoms with Crippen molar-refractivity contribution in [2.45, 2.75) is 51.4 Å². The molecule has 7 nitrogen and oxygen atoms in total. The Hall–Kier alpha value is -2.12. The second kappa shape index (κ2) is 9.39. The Morgan fingerprint density at radius 2 is 1.86 bits per heavy atom. The molecule has 2 N–H and O–H groups in total. The number of carbonyl (C=O) groups is 2. The molecule has 0 radical (unpaired) electrons. The second-order valence-corrected chi connectivity index (χ2v) is 7.43. The molecule has 154 valence electrons. The van der Waals surface area contributed by atoms with Gasteiger partial charge in [-0.05, 0) is 37.8 Å².